The first-order chi connectivity index (χ1) is 5.36. The maximum Gasteiger partial charge on any atom is 0.167 e. The number of thioether (sulfide) groups is 1. The summed E-state index contributed by atoms with van der Waals surface area (Å²) in [5.41, 5.74) is 1.63. The predicted molar refractivity (Wildman–Crippen MR) is 56.3 cm³/mol. The number of hydrogen-bond acceptors (Lipinski definition) is 1. The lowest BCUT2D eigenvalue weighted by Gasteiger charge is -2.25. The second kappa shape index (κ2) is 3.44. The molecule has 0 N–H and O–H groups in total. The van der Waals surface area contributed by atoms with Gasteiger partial charge in [0.2, 0.25) is 0 Å². The SMILES string of the molecule is CC1=CC[S+]2CCCSC2C1. The first kappa shape index (κ1) is 8.06. The highest BCUT2D eigenvalue weighted by molar-refractivity contribution is 8.16. The zero-order chi connectivity index (χ0) is 7.68. The molecule has 2 heteroatoms. The first-order valence-corrected chi connectivity index (χ1v) is 6.97. The van der Waals surface area contributed by atoms with Gasteiger partial charge in [-0.25, -0.2) is 0 Å². The van der Waals surface area contributed by atoms with E-state index in [1.807, 2.05) is 0 Å². The molecule has 0 bridgehead atoms. The van der Waals surface area contributed by atoms with Gasteiger partial charge in [0.1, 0.15) is 11.5 Å². The van der Waals surface area contributed by atoms with E-state index in [9.17, 15) is 0 Å². The van der Waals surface area contributed by atoms with Crippen LogP contribution in [0.4, 0.5) is 0 Å². The van der Waals surface area contributed by atoms with Crippen molar-refractivity contribution in [3.8, 4) is 0 Å². The standard InChI is InChI=1S/C9H15S2/c1-8-3-6-11-5-2-4-10-9(11)7-8/h3,9H,2,4-7H2,1H3/q+1. The molecule has 0 radical (unpaired) electrons. The summed E-state index contributed by atoms with van der Waals surface area (Å²) in [6.07, 6.45) is 5.32. The van der Waals surface area contributed by atoms with Gasteiger partial charge in [-0.2, -0.15) is 0 Å². The van der Waals surface area contributed by atoms with Crippen LogP contribution in [-0.2, 0) is 10.9 Å². The number of hydrogen-bond donors (Lipinski definition) is 0. The Morgan fingerprint density at radius 1 is 1.64 bits per heavy atom. The maximum absolute atomic E-state index is 2.46. The van der Waals surface area contributed by atoms with Crippen LogP contribution in [0.15, 0.2) is 11.6 Å². The predicted octanol–water partition coefficient (Wildman–Crippen LogP) is 2.42. The molecule has 0 nitrogen and oxygen atoms in total. The van der Waals surface area contributed by atoms with E-state index >= 15 is 0 Å². The quantitative estimate of drug-likeness (QED) is 0.414. The van der Waals surface area contributed by atoms with Crippen LogP contribution in [-0.4, -0.2) is 21.8 Å². The third-order valence-electron chi connectivity index (χ3n) is 2.36. The Bertz CT molecular complexity index is 174. The van der Waals surface area contributed by atoms with Crippen molar-refractivity contribution in [1.82, 2.24) is 0 Å². The Hall–Kier alpha value is 0.440. The van der Waals surface area contributed by atoms with Crippen molar-refractivity contribution in [3.05, 3.63) is 11.6 Å². The van der Waals surface area contributed by atoms with E-state index in [0.717, 1.165) is 15.5 Å². The zero-order valence-corrected chi connectivity index (χ0v) is 8.64. The van der Waals surface area contributed by atoms with Crippen molar-refractivity contribution in [1.29, 1.82) is 0 Å². The Morgan fingerprint density at radius 3 is 3.45 bits per heavy atom. The Kier molecular flexibility index (Phi) is 2.52. The summed E-state index contributed by atoms with van der Waals surface area (Å²) in [5.74, 6) is 4.33. The molecule has 1 saturated heterocycles. The minimum absolute atomic E-state index is 0.763. The van der Waals surface area contributed by atoms with Crippen LogP contribution in [0.25, 0.3) is 0 Å². The van der Waals surface area contributed by atoms with Crippen LogP contribution in [0.2, 0.25) is 0 Å². The van der Waals surface area contributed by atoms with E-state index in [1.54, 1.807) is 5.57 Å². The summed E-state index contributed by atoms with van der Waals surface area (Å²) in [6, 6.07) is 0. The van der Waals surface area contributed by atoms with Gasteiger partial charge in [-0.1, -0.05) is 5.57 Å². The highest BCUT2D eigenvalue weighted by Gasteiger charge is 2.35. The summed E-state index contributed by atoms with van der Waals surface area (Å²) in [5, 5.41) is 0. The summed E-state index contributed by atoms with van der Waals surface area (Å²) < 4.78 is 1.01. The van der Waals surface area contributed by atoms with Gasteiger partial charge in [-0.05, 0) is 13.0 Å². The highest BCUT2D eigenvalue weighted by Crippen LogP contribution is 2.34. The second-order valence-corrected chi connectivity index (χ2v) is 7.31. The van der Waals surface area contributed by atoms with Crippen molar-refractivity contribution < 1.29 is 0 Å². The van der Waals surface area contributed by atoms with E-state index in [1.165, 1.54) is 30.1 Å². The monoisotopic (exact) mass is 187 g/mol. The summed E-state index contributed by atoms with van der Waals surface area (Å²) in [6.45, 7) is 2.29. The first-order valence-electron chi connectivity index (χ1n) is 4.30. The molecule has 0 amide bonds. The fourth-order valence-corrected chi connectivity index (χ4v) is 6.53. The molecule has 0 aromatic heterocycles. The van der Waals surface area contributed by atoms with Crippen LogP contribution in [0, 0.1) is 0 Å². The molecular formula is C9H15S2+. The normalized spacial score (nSPS) is 37.7. The zero-order valence-electron chi connectivity index (χ0n) is 7.01. The minimum atomic E-state index is 0.763. The van der Waals surface area contributed by atoms with E-state index in [2.05, 4.69) is 24.8 Å². The van der Waals surface area contributed by atoms with Crippen molar-refractivity contribution >= 4 is 22.7 Å². The molecule has 11 heavy (non-hydrogen) atoms. The molecule has 2 atom stereocenters. The van der Waals surface area contributed by atoms with Crippen molar-refractivity contribution in [2.45, 2.75) is 24.3 Å². The third kappa shape index (κ3) is 1.78. The largest absolute Gasteiger partial charge is 0.167 e. The van der Waals surface area contributed by atoms with Crippen LogP contribution in [0.1, 0.15) is 19.8 Å². The highest BCUT2D eigenvalue weighted by atomic mass is 32.2. The van der Waals surface area contributed by atoms with E-state index in [0.29, 0.717) is 0 Å². The second-order valence-electron chi connectivity index (χ2n) is 3.32. The molecule has 2 rings (SSSR count). The van der Waals surface area contributed by atoms with Gasteiger partial charge in [0.15, 0.2) is 4.58 Å². The molecular weight excluding hydrogens is 172 g/mol. The van der Waals surface area contributed by atoms with Gasteiger partial charge in [-0.3, -0.25) is 0 Å². The van der Waals surface area contributed by atoms with Gasteiger partial charge < -0.3 is 0 Å². The molecule has 2 aliphatic rings. The van der Waals surface area contributed by atoms with Crippen molar-refractivity contribution in [2.24, 2.45) is 0 Å². The van der Waals surface area contributed by atoms with E-state index < -0.39 is 0 Å². The number of fused-ring (bicyclic) bond motifs is 1. The minimum Gasteiger partial charge on any atom is -0.105 e. The lowest BCUT2D eigenvalue weighted by Crippen LogP contribution is -2.31. The average molecular weight is 187 g/mol. The molecule has 0 aromatic carbocycles. The molecule has 2 aliphatic heterocycles. The molecule has 62 valence electrons. The summed E-state index contributed by atoms with van der Waals surface area (Å²) in [7, 11) is 0.763. The molecule has 0 aromatic rings. The van der Waals surface area contributed by atoms with Crippen molar-refractivity contribution in [3.63, 3.8) is 0 Å². The van der Waals surface area contributed by atoms with Crippen LogP contribution in [0.5, 0.6) is 0 Å². The topological polar surface area (TPSA) is 0 Å². The molecule has 0 aliphatic carbocycles. The fourth-order valence-electron chi connectivity index (χ4n) is 1.65. The molecule has 2 heterocycles. The van der Waals surface area contributed by atoms with Gasteiger partial charge in [-0.15, -0.1) is 11.8 Å². The van der Waals surface area contributed by atoms with Gasteiger partial charge in [0.05, 0.1) is 0 Å². The van der Waals surface area contributed by atoms with Gasteiger partial charge >= 0.3 is 0 Å². The third-order valence-corrected chi connectivity index (χ3v) is 6.97. The molecule has 0 spiro atoms. The summed E-state index contributed by atoms with van der Waals surface area (Å²) >= 11 is 2.22. The lowest BCUT2D eigenvalue weighted by molar-refractivity contribution is 0.991. The van der Waals surface area contributed by atoms with Gasteiger partial charge in [0, 0.05) is 29.5 Å². The van der Waals surface area contributed by atoms with Crippen molar-refractivity contribution in [2.75, 3.05) is 17.3 Å². The van der Waals surface area contributed by atoms with Crippen LogP contribution in [0.3, 0.4) is 0 Å². The lowest BCUT2D eigenvalue weighted by atomic mass is 10.2. The number of rotatable bonds is 0. The molecule has 0 saturated carbocycles. The maximum atomic E-state index is 2.46. The van der Waals surface area contributed by atoms with Crippen LogP contribution >= 0.6 is 11.8 Å². The molecule has 1 fully saturated rings. The number of allylic oxidation sites excluding steroid dienone is 1. The Balaban J connectivity index is 2.04. The van der Waals surface area contributed by atoms with E-state index in [-0.39, 0.29) is 0 Å². The van der Waals surface area contributed by atoms with E-state index in [4.69, 9.17) is 0 Å². The van der Waals surface area contributed by atoms with Crippen LogP contribution < -0.4 is 0 Å². The molecule has 2 unspecified atom stereocenters. The smallest absolute Gasteiger partial charge is 0.105 e. The Labute approximate surface area is 76.2 Å². The van der Waals surface area contributed by atoms with Gasteiger partial charge in [0.25, 0.3) is 0 Å². The Morgan fingerprint density at radius 2 is 2.55 bits per heavy atom. The fraction of sp³-hybridized carbons (Fsp3) is 0.778. The summed E-state index contributed by atoms with van der Waals surface area (Å²) in [4.78, 5) is 0. The average Bonchev–Trinajstić information content (AvgIpc) is 2.04.